The zero-order valence-electron chi connectivity index (χ0n) is 16.4. The summed E-state index contributed by atoms with van der Waals surface area (Å²) >= 11 is 0. The van der Waals surface area contributed by atoms with Crippen LogP contribution < -0.4 is 15.1 Å². The first-order valence-corrected chi connectivity index (χ1v) is 10.0. The third kappa shape index (κ3) is 4.10. The van der Waals surface area contributed by atoms with Crippen molar-refractivity contribution >= 4 is 35.3 Å². The molecule has 30 heavy (non-hydrogen) atoms. The number of halogens is 1. The van der Waals surface area contributed by atoms with Gasteiger partial charge in [0.25, 0.3) is 11.8 Å². The van der Waals surface area contributed by atoms with Gasteiger partial charge in [-0.3, -0.25) is 14.9 Å². The molecule has 2 aliphatic heterocycles. The molecule has 2 saturated heterocycles. The lowest BCUT2D eigenvalue weighted by atomic mass is 10.1. The summed E-state index contributed by atoms with van der Waals surface area (Å²) in [6, 6.07) is 11.7. The molecule has 0 aliphatic carbocycles. The molecule has 7 heteroatoms. The molecule has 4 rings (SSSR count). The Morgan fingerprint density at radius 2 is 1.40 bits per heavy atom. The van der Waals surface area contributed by atoms with Crippen molar-refractivity contribution in [2.45, 2.75) is 25.7 Å². The fourth-order valence-electron chi connectivity index (χ4n) is 3.76. The summed E-state index contributed by atoms with van der Waals surface area (Å²) in [7, 11) is 0. The van der Waals surface area contributed by atoms with E-state index in [2.05, 4.69) is 10.2 Å². The first kappa shape index (κ1) is 19.8. The van der Waals surface area contributed by atoms with Crippen LogP contribution in [0.1, 0.15) is 31.2 Å². The maximum absolute atomic E-state index is 13.2. The number of nitrogens with zero attached hydrogens (tertiary/aromatic N) is 2. The Balaban J connectivity index is 1.58. The van der Waals surface area contributed by atoms with E-state index in [0.717, 1.165) is 35.8 Å². The first-order chi connectivity index (χ1) is 14.5. The number of amides is 4. The predicted octanol–water partition coefficient (Wildman–Crippen LogP) is 3.87. The molecule has 0 aromatic heterocycles. The Morgan fingerprint density at radius 1 is 0.800 bits per heavy atom. The molecule has 4 amide bonds. The number of benzene rings is 2. The third-order valence-electron chi connectivity index (χ3n) is 5.36. The van der Waals surface area contributed by atoms with Crippen molar-refractivity contribution in [2.24, 2.45) is 0 Å². The number of hydrogen-bond acceptors (Lipinski definition) is 4. The normalized spacial score (nSPS) is 19.1. The highest BCUT2D eigenvalue weighted by molar-refractivity contribution is 6.39. The molecule has 154 valence electrons. The molecule has 2 fully saturated rings. The van der Waals surface area contributed by atoms with Crippen molar-refractivity contribution in [1.82, 2.24) is 5.32 Å². The molecular weight excluding hydrogens is 385 g/mol. The van der Waals surface area contributed by atoms with Gasteiger partial charge in [0.05, 0.1) is 5.69 Å². The second kappa shape index (κ2) is 8.49. The molecule has 2 aromatic rings. The highest BCUT2D eigenvalue weighted by atomic mass is 19.1. The Bertz CT molecular complexity index is 991. The molecule has 0 saturated carbocycles. The number of carbonyl (C=O) groups is 3. The molecule has 2 aliphatic rings. The predicted molar refractivity (Wildman–Crippen MR) is 113 cm³/mol. The van der Waals surface area contributed by atoms with Crippen LogP contribution in [0.15, 0.2) is 54.1 Å². The highest BCUT2D eigenvalue weighted by Gasteiger charge is 2.36. The number of urea groups is 1. The summed E-state index contributed by atoms with van der Waals surface area (Å²) in [4.78, 5) is 40.5. The largest absolute Gasteiger partial charge is 0.372 e. The minimum atomic E-state index is -0.856. The van der Waals surface area contributed by atoms with Crippen LogP contribution in [0.25, 0.3) is 6.08 Å². The van der Waals surface area contributed by atoms with Crippen LogP contribution in [0.3, 0.4) is 0 Å². The van der Waals surface area contributed by atoms with Crippen molar-refractivity contribution in [3.05, 3.63) is 65.5 Å². The minimum Gasteiger partial charge on any atom is -0.372 e. The molecule has 6 nitrogen and oxygen atoms in total. The number of rotatable bonds is 3. The van der Waals surface area contributed by atoms with Crippen LogP contribution >= 0.6 is 0 Å². The van der Waals surface area contributed by atoms with E-state index < -0.39 is 23.7 Å². The van der Waals surface area contributed by atoms with E-state index in [1.165, 1.54) is 43.9 Å². The number of hydrogen-bond donors (Lipinski definition) is 1. The lowest BCUT2D eigenvalue weighted by molar-refractivity contribution is -0.122. The van der Waals surface area contributed by atoms with Crippen LogP contribution in [0, 0.1) is 5.82 Å². The fraction of sp³-hybridized carbons (Fsp3) is 0.261. The quantitative estimate of drug-likeness (QED) is 0.619. The van der Waals surface area contributed by atoms with E-state index in [1.54, 1.807) is 0 Å². The zero-order chi connectivity index (χ0) is 21.1. The van der Waals surface area contributed by atoms with E-state index in [1.807, 2.05) is 24.3 Å². The third-order valence-corrected chi connectivity index (χ3v) is 5.36. The molecule has 2 aromatic carbocycles. The number of barbiturate groups is 1. The van der Waals surface area contributed by atoms with Crippen molar-refractivity contribution in [1.29, 1.82) is 0 Å². The molecule has 0 spiro atoms. The molecule has 0 atom stereocenters. The van der Waals surface area contributed by atoms with Gasteiger partial charge in [0, 0.05) is 18.8 Å². The molecule has 0 bridgehead atoms. The van der Waals surface area contributed by atoms with Gasteiger partial charge in [-0.1, -0.05) is 25.0 Å². The van der Waals surface area contributed by atoms with Crippen LogP contribution in [0.5, 0.6) is 0 Å². The SMILES string of the molecule is O=C1NC(=O)N(c2ccc(F)cc2)C(=O)/C1=C\c1ccc(N2CCCCCC2)cc1. The average Bonchev–Trinajstić information content (AvgIpc) is 3.02. The van der Waals surface area contributed by atoms with Crippen LogP contribution in [0.2, 0.25) is 0 Å². The Morgan fingerprint density at radius 3 is 2.03 bits per heavy atom. The van der Waals surface area contributed by atoms with E-state index in [4.69, 9.17) is 0 Å². The van der Waals surface area contributed by atoms with Crippen LogP contribution in [-0.4, -0.2) is 30.9 Å². The number of imide groups is 2. The van der Waals surface area contributed by atoms with E-state index in [0.29, 0.717) is 5.56 Å². The topological polar surface area (TPSA) is 69.7 Å². The summed E-state index contributed by atoms with van der Waals surface area (Å²) < 4.78 is 13.2. The number of carbonyl (C=O) groups excluding carboxylic acids is 3. The van der Waals surface area contributed by atoms with E-state index >= 15 is 0 Å². The summed E-state index contributed by atoms with van der Waals surface area (Å²) in [5.41, 5.74) is 1.83. The Kier molecular flexibility index (Phi) is 5.61. The van der Waals surface area contributed by atoms with Gasteiger partial charge in [-0.15, -0.1) is 0 Å². The van der Waals surface area contributed by atoms with Gasteiger partial charge in [-0.05, 0) is 60.9 Å². The van der Waals surface area contributed by atoms with Gasteiger partial charge in [0.15, 0.2) is 0 Å². The maximum atomic E-state index is 13.2. The van der Waals surface area contributed by atoms with Gasteiger partial charge >= 0.3 is 6.03 Å². The summed E-state index contributed by atoms with van der Waals surface area (Å²) in [6.07, 6.45) is 6.32. The lowest BCUT2D eigenvalue weighted by Gasteiger charge is -2.26. The second-order valence-electron chi connectivity index (χ2n) is 7.43. The van der Waals surface area contributed by atoms with Crippen molar-refractivity contribution in [3.63, 3.8) is 0 Å². The average molecular weight is 407 g/mol. The standard InChI is InChI=1S/C23H22FN3O3/c24-17-7-11-19(12-8-17)27-22(29)20(21(28)25-23(27)30)15-16-5-9-18(10-6-16)26-13-3-1-2-4-14-26/h5-12,15H,1-4,13-14H2,(H,25,28,30)/b20-15-. The van der Waals surface area contributed by atoms with Gasteiger partial charge < -0.3 is 4.90 Å². The fourth-order valence-corrected chi connectivity index (χ4v) is 3.76. The van der Waals surface area contributed by atoms with Crippen molar-refractivity contribution in [2.75, 3.05) is 22.9 Å². The van der Waals surface area contributed by atoms with Gasteiger partial charge in [-0.25, -0.2) is 14.1 Å². The zero-order valence-corrected chi connectivity index (χ0v) is 16.4. The molecule has 2 heterocycles. The van der Waals surface area contributed by atoms with Gasteiger partial charge in [0.2, 0.25) is 0 Å². The highest BCUT2D eigenvalue weighted by Crippen LogP contribution is 2.24. The minimum absolute atomic E-state index is 0.151. The van der Waals surface area contributed by atoms with Gasteiger partial charge in [-0.2, -0.15) is 0 Å². The van der Waals surface area contributed by atoms with Crippen molar-refractivity contribution < 1.29 is 18.8 Å². The Labute approximate surface area is 174 Å². The van der Waals surface area contributed by atoms with E-state index in [9.17, 15) is 18.8 Å². The monoisotopic (exact) mass is 407 g/mol. The van der Waals surface area contributed by atoms with E-state index in [-0.39, 0.29) is 11.3 Å². The Hall–Kier alpha value is -3.48. The maximum Gasteiger partial charge on any atom is 0.335 e. The summed E-state index contributed by atoms with van der Waals surface area (Å²) in [6.45, 7) is 2.05. The summed E-state index contributed by atoms with van der Waals surface area (Å²) in [5, 5.41) is 2.17. The van der Waals surface area contributed by atoms with Crippen LogP contribution in [-0.2, 0) is 9.59 Å². The van der Waals surface area contributed by atoms with Gasteiger partial charge in [0.1, 0.15) is 11.4 Å². The van der Waals surface area contributed by atoms with Crippen molar-refractivity contribution in [3.8, 4) is 0 Å². The van der Waals surface area contributed by atoms with Crippen LogP contribution in [0.4, 0.5) is 20.6 Å². The smallest absolute Gasteiger partial charge is 0.335 e. The second-order valence-corrected chi connectivity index (χ2v) is 7.43. The lowest BCUT2D eigenvalue weighted by Crippen LogP contribution is -2.54. The molecular formula is C23H22FN3O3. The first-order valence-electron chi connectivity index (χ1n) is 10.0. The summed E-state index contributed by atoms with van der Waals surface area (Å²) in [5.74, 6) is -1.98. The number of nitrogens with one attached hydrogen (secondary N) is 1. The molecule has 0 unspecified atom stereocenters. The molecule has 0 radical (unpaired) electrons. The number of anilines is 2. The molecule has 1 N–H and O–H groups in total.